The van der Waals surface area contributed by atoms with Gasteiger partial charge in [-0.05, 0) is 28.8 Å². The minimum atomic E-state index is -0.973. The van der Waals surface area contributed by atoms with Gasteiger partial charge in [0.15, 0.2) is 11.5 Å². The van der Waals surface area contributed by atoms with Crippen molar-refractivity contribution >= 4 is 12.0 Å². The molecule has 0 radical (unpaired) electrons. The van der Waals surface area contributed by atoms with E-state index in [2.05, 4.69) is 70.5 Å². The molecule has 3 aromatic rings. The normalized spacial score (nSPS) is 15.0. The number of ether oxygens (including phenoxy) is 2. The van der Waals surface area contributed by atoms with E-state index in [1.54, 1.807) is 13.2 Å². The van der Waals surface area contributed by atoms with E-state index in [1.807, 2.05) is 24.3 Å². The molecular weight excluding hydrogens is 464 g/mol. The number of nitrogens with zero attached hydrogens (tertiary/aromatic N) is 2. The predicted molar refractivity (Wildman–Crippen MR) is 147 cm³/mol. The average Bonchev–Trinajstić information content (AvgIpc) is 2.94. The highest BCUT2D eigenvalue weighted by molar-refractivity contribution is 5.80. The van der Waals surface area contributed by atoms with E-state index >= 15 is 0 Å². The van der Waals surface area contributed by atoms with Crippen LogP contribution in [0.15, 0.2) is 97.1 Å². The molecule has 0 aromatic heterocycles. The molecule has 0 atom stereocenters. The minimum absolute atomic E-state index is 0.261. The summed E-state index contributed by atoms with van der Waals surface area (Å²) in [5, 5.41) is 8.67. The maximum absolute atomic E-state index is 10.6. The Balaban J connectivity index is 1.30. The van der Waals surface area contributed by atoms with Crippen LogP contribution in [-0.2, 0) is 4.79 Å². The first-order valence-electron chi connectivity index (χ1n) is 12.6. The molecule has 192 valence electrons. The Hall–Kier alpha value is -3.87. The third-order valence-corrected chi connectivity index (χ3v) is 6.49. The molecular formula is C31H34N2O4. The van der Waals surface area contributed by atoms with E-state index in [9.17, 15) is 4.79 Å². The number of carbonyl (C=O) groups is 1. The number of benzene rings is 3. The quantitative estimate of drug-likeness (QED) is 0.292. The lowest BCUT2D eigenvalue weighted by Gasteiger charge is -2.39. The van der Waals surface area contributed by atoms with Gasteiger partial charge in [-0.25, -0.2) is 4.79 Å². The summed E-state index contributed by atoms with van der Waals surface area (Å²) in [6.07, 6.45) is 6.09. The number of carboxylic acid groups (broad SMARTS) is 1. The number of allylic oxidation sites excluding steroid dienone is 2. The fourth-order valence-corrected chi connectivity index (χ4v) is 4.63. The third-order valence-electron chi connectivity index (χ3n) is 6.49. The first kappa shape index (κ1) is 26.2. The van der Waals surface area contributed by atoms with Gasteiger partial charge < -0.3 is 14.6 Å². The number of carboxylic acids is 1. The molecule has 1 saturated heterocycles. The fraction of sp³-hybridized carbons (Fsp3) is 0.258. The van der Waals surface area contributed by atoms with Crippen LogP contribution in [0.5, 0.6) is 11.5 Å². The van der Waals surface area contributed by atoms with Crippen LogP contribution < -0.4 is 9.47 Å². The van der Waals surface area contributed by atoms with Gasteiger partial charge in [-0.3, -0.25) is 9.80 Å². The third kappa shape index (κ3) is 7.56. The van der Waals surface area contributed by atoms with Crippen LogP contribution in [0.1, 0.15) is 22.7 Å². The van der Waals surface area contributed by atoms with Crippen LogP contribution in [0.4, 0.5) is 0 Å². The lowest BCUT2D eigenvalue weighted by atomic mass is 9.96. The zero-order valence-electron chi connectivity index (χ0n) is 21.2. The van der Waals surface area contributed by atoms with Gasteiger partial charge in [0.1, 0.15) is 6.61 Å². The molecule has 0 bridgehead atoms. The highest BCUT2D eigenvalue weighted by atomic mass is 16.5. The van der Waals surface area contributed by atoms with Crippen LogP contribution in [0, 0.1) is 0 Å². The molecule has 0 aliphatic carbocycles. The van der Waals surface area contributed by atoms with E-state index in [0.717, 1.165) is 44.4 Å². The Morgan fingerprint density at radius 3 is 2.14 bits per heavy atom. The molecule has 3 aromatic carbocycles. The monoisotopic (exact) mass is 498 g/mol. The molecule has 6 heteroatoms. The maximum atomic E-state index is 10.6. The summed E-state index contributed by atoms with van der Waals surface area (Å²) in [6.45, 7) is 5.40. The van der Waals surface area contributed by atoms with E-state index in [0.29, 0.717) is 18.1 Å². The summed E-state index contributed by atoms with van der Waals surface area (Å²) in [7, 11) is 1.62. The molecule has 37 heavy (non-hydrogen) atoms. The van der Waals surface area contributed by atoms with Gasteiger partial charge in [0.05, 0.1) is 13.2 Å². The van der Waals surface area contributed by atoms with Gasteiger partial charge in [0, 0.05) is 38.8 Å². The van der Waals surface area contributed by atoms with Crippen molar-refractivity contribution in [3.63, 3.8) is 0 Å². The summed E-state index contributed by atoms with van der Waals surface area (Å²) in [5.74, 6) is 0.384. The first-order chi connectivity index (χ1) is 18.1. The zero-order valence-corrected chi connectivity index (χ0v) is 21.2. The Labute approximate surface area is 219 Å². The Kier molecular flexibility index (Phi) is 9.52. The molecule has 1 aliphatic heterocycles. The zero-order chi connectivity index (χ0) is 25.9. The van der Waals surface area contributed by atoms with E-state index in [4.69, 9.17) is 14.6 Å². The van der Waals surface area contributed by atoms with Gasteiger partial charge in [0.25, 0.3) is 0 Å². The predicted octanol–water partition coefficient (Wildman–Crippen LogP) is 5.14. The van der Waals surface area contributed by atoms with Gasteiger partial charge in [-0.15, -0.1) is 0 Å². The minimum Gasteiger partial charge on any atom is -0.493 e. The van der Waals surface area contributed by atoms with Crippen molar-refractivity contribution in [2.24, 2.45) is 0 Å². The first-order valence-corrected chi connectivity index (χ1v) is 12.6. The lowest BCUT2D eigenvalue weighted by Crippen LogP contribution is -2.48. The van der Waals surface area contributed by atoms with Crippen molar-refractivity contribution in [3.05, 3.63) is 114 Å². The Bertz CT molecular complexity index is 1150. The fourth-order valence-electron chi connectivity index (χ4n) is 4.63. The van der Waals surface area contributed by atoms with Crippen LogP contribution in [0.25, 0.3) is 6.08 Å². The summed E-state index contributed by atoms with van der Waals surface area (Å²) >= 11 is 0. The average molecular weight is 499 g/mol. The second kappa shape index (κ2) is 13.4. The van der Waals surface area contributed by atoms with E-state index < -0.39 is 5.97 Å². The van der Waals surface area contributed by atoms with Crippen molar-refractivity contribution in [2.45, 2.75) is 6.04 Å². The number of methoxy groups -OCH3 is 1. The van der Waals surface area contributed by atoms with Gasteiger partial charge >= 0.3 is 5.97 Å². The van der Waals surface area contributed by atoms with E-state index in [-0.39, 0.29) is 6.04 Å². The van der Waals surface area contributed by atoms with Gasteiger partial charge in [-0.2, -0.15) is 0 Å². The Morgan fingerprint density at radius 2 is 1.54 bits per heavy atom. The molecule has 0 spiro atoms. The van der Waals surface area contributed by atoms with Crippen LogP contribution in [0.3, 0.4) is 0 Å². The lowest BCUT2D eigenvalue weighted by molar-refractivity contribution is -0.131. The second-order valence-electron chi connectivity index (χ2n) is 8.92. The summed E-state index contributed by atoms with van der Waals surface area (Å²) in [6, 6.07) is 27.5. The summed E-state index contributed by atoms with van der Waals surface area (Å²) in [5.41, 5.74) is 3.56. The molecule has 0 unspecified atom stereocenters. The van der Waals surface area contributed by atoms with Crippen molar-refractivity contribution in [1.29, 1.82) is 0 Å². The second-order valence-corrected chi connectivity index (χ2v) is 8.92. The van der Waals surface area contributed by atoms with Crippen molar-refractivity contribution in [2.75, 3.05) is 46.4 Å². The number of hydrogen-bond acceptors (Lipinski definition) is 5. The molecule has 4 rings (SSSR count). The van der Waals surface area contributed by atoms with Crippen molar-refractivity contribution in [3.8, 4) is 11.5 Å². The number of rotatable bonds is 11. The van der Waals surface area contributed by atoms with Crippen molar-refractivity contribution in [1.82, 2.24) is 9.80 Å². The SMILES string of the molecule is COc1cc(/C=C/C=C/C(=O)O)ccc1OCCN1CCN(C(c2ccccc2)c2ccccc2)CC1. The summed E-state index contributed by atoms with van der Waals surface area (Å²) < 4.78 is 11.6. The number of hydrogen-bond donors (Lipinski definition) is 1. The van der Waals surface area contributed by atoms with Crippen LogP contribution >= 0.6 is 0 Å². The summed E-state index contributed by atoms with van der Waals surface area (Å²) in [4.78, 5) is 15.6. The van der Waals surface area contributed by atoms with Gasteiger partial charge in [0.2, 0.25) is 0 Å². The number of aliphatic carboxylic acids is 1. The van der Waals surface area contributed by atoms with E-state index in [1.165, 1.54) is 17.2 Å². The molecule has 6 nitrogen and oxygen atoms in total. The Morgan fingerprint density at radius 1 is 0.892 bits per heavy atom. The highest BCUT2D eigenvalue weighted by Gasteiger charge is 2.26. The molecule has 0 saturated carbocycles. The van der Waals surface area contributed by atoms with Gasteiger partial charge in [-0.1, -0.05) is 85.0 Å². The number of piperazine rings is 1. The molecule has 0 amide bonds. The van der Waals surface area contributed by atoms with Crippen molar-refractivity contribution < 1.29 is 19.4 Å². The molecule has 1 N–H and O–H groups in total. The smallest absolute Gasteiger partial charge is 0.328 e. The topological polar surface area (TPSA) is 62.2 Å². The van der Waals surface area contributed by atoms with Crippen LogP contribution in [0.2, 0.25) is 0 Å². The maximum Gasteiger partial charge on any atom is 0.328 e. The highest BCUT2D eigenvalue weighted by Crippen LogP contribution is 2.30. The van der Waals surface area contributed by atoms with Crippen LogP contribution in [-0.4, -0.2) is 67.3 Å². The molecule has 1 aliphatic rings. The molecule has 1 heterocycles. The standard InChI is InChI=1S/C31H34N2O4/c1-36-29-24-25(10-8-9-15-30(34)35)16-17-28(29)37-23-22-32-18-20-33(21-19-32)31(26-11-4-2-5-12-26)27-13-6-3-7-14-27/h2-17,24,31H,18-23H2,1H3,(H,34,35)/b10-8+,15-9+. The largest absolute Gasteiger partial charge is 0.493 e. The molecule has 1 fully saturated rings.